The lowest BCUT2D eigenvalue weighted by molar-refractivity contribution is -0.119. The Bertz CT molecular complexity index is 994. The molecule has 1 fully saturated rings. The number of sulfonamides is 1. The molecule has 28 heavy (non-hydrogen) atoms. The van der Waals surface area contributed by atoms with Crippen LogP contribution in [0.5, 0.6) is 11.5 Å². The number of piperidine rings is 1. The van der Waals surface area contributed by atoms with Gasteiger partial charge >= 0.3 is 0 Å². The third-order valence-corrected chi connectivity index (χ3v) is 5.86. The SMILES string of the molecule is COc1ccc(S(=O)(=O)Nc2ccc(N3CCCCC3=O)c(OC)c2)cc1F. The van der Waals surface area contributed by atoms with Gasteiger partial charge in [-0.25, -0.2) is 12.8 Å². The largest absolute Gasteiger partial charge is 0.494 e. The smallest absolute Gasteiger partial charge is 0.262 e. The Balaban J connectivity index is 1.88. The van der Waals surface area contributed by atoms with Crippen LogP contribution in [0.4, 0.5) is 15.8 Å². The van der Waals surface area contributed by atoms with E-state index in [4.69, 9.17) is 9.47 Å². The van der Waals surface area contributed by atoms with Crippen molar-refractivity contribution in [2.24, 2.45) is 0 Å². The van der Waals surface area contributed by atoms with Crippen LogP contribution in [0.2, 0.25) is 0 Å². The first kappa shape index (κ1) is 19.9. The van der Waals surface area contributed by atoms with Crippen LogP contribution < -0.4 is 19.1 Å². The number of nitrogens with one attached hydrogen (secondary N) is 1. The lowest BCUT2D eigenvalue weighted by Crippen LogP contribution is -2.35. The molecule has 2 aromatic rings. The minimum absolute atomic E-state index is 0.00610. The fourth-order valence-corrected chi connectivity index (χ4v) is 4.11. The number of methoxy groups -OCH3 is 2. The molecule has 1 amide bonds. The third kappa shape index (κ3) is 4.04. The standard InChI is InChI=1S/C19H21FN2O5S/c1-26-17-9-7-14(12-15(17)20)28(24,25)21-13-6-8-16(18(11-13)27-2)22-10-4-3-5-19(22)23/h6-9,11-12,21H,3-5,10H2,1-2H3. The van der Waals surface area contributed by atoms with E-state index < -0.39 is 15.8 Å². The van der Waals surface area contributed by atoms with Crippen molar-refractivity contribution in [1.29, 1.82) is 0 Å². The number of ether oxygens (including phenoxy) is 2. The Labute approximate surface area is 163 Å². The predicted octanol–water partition coefficient (Wildman–Crippen LogP) is 3.16. The molecule has 1 aliphatic rings. The van der Waals surface area contributed by atoms with Crippen molar-refractivity contribution < 1.29 is 27.1 Å². The van der Waals surface area contributed by atoms with Crippen molar-refractivity contribution in [3.63, 3.8) is 0 Å². The van der Waals surface area contributed by atoms with Crippen LogP contribution in [-0.2, 0) is 14.8 Å². The van der Waals surface area contributed by atoms with Crippen molar-refractivity contribution >= 4 is 27.3 Å². The number of rotatable bonds is 6. The molecule has 3 rings (SSSR count). The van der Waals surface area contributed by atoms with Crippen molar-refractivity contribution in [1.82, 2.24) is 0 Å². The number of halogens is 1. The number of anilines is 2. The Morgan fingerprint density at radius 3 is 2.43 bits per heavy atom. The van der Waals surface area contributed by atoms with Gasteiger partial charge in [0.2, 0.25) is 5.91 Å². The maximum absolute atomic E-state index is 13.9. The second kappa shape index (κ2) is 8.05. The van der Waals surface area contributed by atoms with E-state index in [-0.39, 0.29) is 22.2 Å². The lowest BCUT2D eigenvalue weighted by Gasteiger charge is -2.28. The molecule has 0 bridgehead atoms. The van der Waals surface area contributed by atoms with Crippen molar-refractivity contribution in [2.75, 3.05) is 30.4 Å². The normalized spacial score (nSPS) is 14.7. The molecule has 0 radical (unpaired) electrons. The van der Waals surface area contributed by atoms with Gasteiger partial charge in [0, 0.05) is 19.0 Å². The molecule has 0 atom stereocenters. The summed E-state index contributed by atoms with van der Waals surface area (Å²) in [5, 5.41) is 0. The number of hydrogen-bond donors (Lipinski definition) is 1. The predicted molar refractivity (Wildman–Crippen MR) is 103 cm³/mol. The highest BCUT2D eigenvalue weighted by atomic mass is 32.2. The van der Waals surface area contributed by atoms with E-state index in [9.17, 15) is 17.6 Å². The molecule has 1 aliphatic heterocycles. The number of hydrogen-bond acceptors (Lipinski definition) is 5. The van der Waals surface area contributed by atoms with E-state index in [2.05, 4.69) is 4.72 Å². The van der Waals surface area contributed by atoms with E-state index in [1.165, 1.54) is 38.5 Å². The molecule has 1 heterocycles. The summed E-state index contributed by atoms with van der Waals surface area (Å²) in [6.45, 7) is 0.589. The molecular weight excluding hydrogens is 387 g/mol. The Kier molecular flexibility index (Phi) is 5.73. The van der Waals surface area contributed by atoms with Gasteiger partial charge in [0.15, 0.2) is 11.6 Å². The quantitative estimate of drug-likeness (QED) is 0.794. The molecule has 150 valence electrons. The molecule has 7 nitrogen and oxygen atoms in total. The number of amides is 1. The summed E-state index contributed by atoms with van der Waals surface area (Å²) < 4.78 is 51.5. The highest BCUT2D eigenvalue weighted by molar-refractivity contribution is 7.92. The van der Waals surface area contributed by atoms with Gasteiger partial charge in [-0.05, 0) is 43.2 Å². The minimum atomic E-state index is -4.02. The highest BCUT2D eigenvalue weighted by Crippen LogP contribution is 2.34. The molecule has 9 heteroatoms. The fourth-order valence-electron chi connectivity index (χ4n) is 3.05. The van der Waals surface area contributed by atoms with Crippen molar-refractivity contribution in [3.8, 4) is 11.5 Å². The zero-order valence-corrected chi connectivity index (χ0v) is 16.4. The van der Waals surface area contributed by atoms with Crippen LogP contribution in [0.15, 0.2) is 41.3 Å². The van der Waals surface area contributed by atoms with Gasteiger partial charge in [0.25, 0.3) is 10.0 Å². The molecule has 0 unspecified atom stereocenters. The van der Waals surface area contributed by atoms with Crippen LogP contribution >= 0.6 is 0 Å². The molecule has 0 saturated carbocycles. The number of carbonyl (C=O) groups excluding carboxylic acids is 1. The zero-order valence-electron chi connectivity index (χ0n) is 15.6. The summed E-state index contributed by atoms with van der Waals surface area (Å²) in [6.07, 6.45) is 2.22. The number of nitrogens with zero attached hydrogens (tertiary/aromatic N) is 1. The van der Waals surface area contributed by atoms with E-state index in [0.717, 1.165) is 18.9 Å². The number of benzene rings is 2. The highest BCUT2D eigenvalue weighted by Gasteiger charge is 2.23. The summed E-state index contributed by atoms with van der Waals surface area (Å²) in [5.74, 6) is -0.443. The maximum atomic E-state index is 13.9. The summed E-state index contributed by atoms with van der Waals surface area (Å²) in [6, 6.07) is 8.05. The van der Waals surface area contributed by atoms with Crippen LogP contribution in [0, 0.1) is 5.82 Å². The topological polar surface area (TPSA) is 84.9 Å². The first-order chi connectivity index (χ1) is 13.4. The average Bonchev–Trinajstić information content (AvgIpc) is 2.68. The van der Waals surface area contributed by atoms with Crippen LogP contribution in [-0.4, -0.2) is 35.1 Å². The monoisotopic (exact) mass is 408 g/mol. The third-order valence-electron chi connectivity index (χ3n) is 4.48. The number of carbonyl (C=O) groups is 1. The van der Waals surface area contributed by atoms with E-state index in [1.54, 1.807) is 11.0 Å². The summed E-state index contributed by atoms with van der Waals surface area (Å²) >= 11 is 0. The Morgan fingerprint density at radius 1 is 1.04 bits per heavy atom. The first-order valence-corrected chi connectivity index (χ1v) is 10.2. The van der Waals surface area contributed by atoms with Crippen LogP contribution in [0.1, 0.15) is 19.3 Å². The molecule has 1 saturated heterocycles. The van der Waals surface area contributed by atoms with Gasteiger partial charge in [-0.15, -0.1) is 0 Å². The Hall–Kier alpha value is -2.81. The van der Waals surface area contributed by atoms with Crippen LogP contribution in [0.3, 0.4) is 0 Å². The minimum Gasteiger partial charge on any atom is -0.494 e. The summed E-state index contributed by atoms with van der Waals surface area (Å²) in [7, 11) is -1.27. The zero-order chi connectivity index (χ0) is 20.3. The first-order valence-electron chi connectivity index (χ1n) is 8.70. The van der Waals surface area contributed by atoms with Gasteiger partial charge in [0.1, 0.15) is 5.75 Å². The second-order valence-corrected chi connectivity index (χ2v) is 7.97. The molecule has 2 aromatic carbocycles. The molecular formula is C19H21FN2O5S. The van der Waals surface area contributed by atoms with Crippen molar-refractivity contribution in [3.05, 3.63) is 42.2 Å². The lowest BCUT2D eigenvalue weighted by atomic mass is 10.1. The van der Waals surface area contributed by atoms with Gasteiger partial charge in [-0.2, -0.15) is 0 Å². The molecule has 0 aliphatic carbocycles. The van der Waals surface area contributed by atoms with E-state index in [1.807, 2.05) is 0 Å². The average molecular weight is 408 g/mol. The second-order valence-electron chi connectivity index (χ2n) is 6.29. The van der Waals surface area contributed by atoms with E-state index >= 15 is 0 Å². The van der Waals surface area contributed by atoms with E-state index in [0.29, 0.717) is 24.4 Å². The van der Waals surface area contributed by atoms with Crippen LogP contribution in [0.25, 0.3) is 0 Å². The maximum Gasteiger partial charge on any atom is 0.262 e. The molecule has 1 N–H and O–H groups in total. The van der Waals surface area contributed by atoms with Gasteiger partial charge < -0.3 is 14.4 Å². The summed E-state index contributed by atoms with van der Waals surface area (Å²) in [5.41, 5.74) is 0.826. The van der Waals surface area contributed by atoms with Gasteiger partial charge in [0.05, 0.1) is 30.5 Å². The van der Waals surface area contributed by atoms with Gasteiger partial charge in [-0.1, -0.05) is 0 Å². The molecule has 0 aromatic heterocycles. The Morgan fingerprint density at radius 2 is 1.79 bits per heavy atom. The molecule has 0 spiro atoms. The fraction of sp³-hybridized carbons (Fsp3) is 0.316. The summed E-state index contributed by atoms with van der Waals surface area (Å²) in [4.78, 5) is 13.6. The van der Waals surface area contributed by atoms with Crippen molar-refractivity contribution in [2.45, 2.75) is 24.2 Å². The van der Waals surface area contributed by atoms with Gasteiger partial charge in [-0.3, -0.25) is 9.52 Å².